The highest BCUT2D eigenvalue weighted by Gasteiger charge is 2.28. The minimum atomic E-state index is -3.68. The largest absolute Gasteiger partial charge is 0.370 e. The number of rotatable bonds is 7. The Hall–Kier alpha value is -3.24. The number of amides is 1. The number of benzene rings is 2. The van der Waals surface area contributed by atoms with Crippen molar-refractivity contribution in [1.29, 1.82) is 0 Å². The fraction of sp³-hybridized carbons (Fsp3) is 0.464. The SMILES string of the molecule is CCCn1nc(C(=O)Nc2cc(S(=O)(=O)N3CCCCC3)ccc2N2CCCCC2)c2ccccc2c1=O. The molecular formula is C28H35N5O4S. The summed E-state index contributed by atoms with van der Waals surface area (Å²) in [6.07, 6.45) is 6.64. The smallest absolute Gasteiger partial charge is 0.276 e. The zero-order valence-corrected chi connectivity index (χ0v) is 22.7. The van der Waals surface area contributed by atoms with Gasteiger partial charge in [-0.05, 0) is 62.8 Å². The second-order valence-corrected chi connectivity index (χ2v) is 12.0. The molecule has 0 spiro atoms. The van der Waals surface area contributed by atoms with Crippen LogP contribution in [0.1, 0.15) is 62.4 Å². The second-order valence-electron chi connectivity index (χ2n) is 10.1. The Morgan fingerprint density at radius 2 is 1.58 bits per heavy atom. The first-order valence-electron chi connectivity index (χ1n) is 13.6. The molecule has 2 saturated heterocycles. The van der Waals surface area contributed by atoms with Crippen molar-refractivity contribution in [3.05, 3.63) is 58.5 Å². The number of carbonyl (C=O) groups excluding carboxylic acids is 1. The van der Waals surface area contributed by atoms with Crippen LogP contribution in [0.15, 0.2) is 52.2 Å². The summed E-state index contributed by atoms with van der Waals surface area (Å²) in [5, 5.41) is 8.30. The van der Waals surface area contributed by atoms with Gasteiger partial charge in [0.15, 0.2) is 5.69 Å². The van der Waals surface area contributed by atoms with Crippen molar-refractivity contribution < 1.29 is 13.2 Å². The van der Waals surface area contributed by atoms with Crippen LogP contribution in [0.4, 0.5) is 11.4 Å². The number of sulfonamides is 1. The Morgan fingerprint density at radius 1 is 0.921 bits per heavy atom. The van der Waals surface area contributed by atoms with Crippen molar-refractivity contribution in [1.82, 2.24) is 14.1 Å². The topological polar surface area (TPSA) is 105 Å². The molecule has 2 aromatic carbocycles. The highest BCUT2D eigenvalue weighted by atomic mass is 32.2. The molecule has 0 saturated carbocycles. The van der Waals surface area contributed by atoms with E-state index in [1.807, 2.05) is 6.92 Å². The van der Waals surface area contributed by atoms with Crippen molar-refractivity contribution in [3.8, 4) is 0 Å². The Morgan fingerprint density at radius 3 is 2.26 bits per heavy atom. The minimum absolute atomic E-state index is 0.141. The number of aryl methyl sites for hydroxylation is 1. The van der Waals surface area contributed by atoms with Gasteiger partial charge in [0, 0.05) is 38.1 Å². The molecule has 202 valence electrons. The maximum atomic E-state index is 13.7. The number of nitrogens with zero attached hydrogens (tertiary/aromatic N) is 4. The van der Waals surface area contributed by atoms with Crippen LogP contribution in [0.5, 0.6) is 0 Å². The quantitative estimate of drug-likeness (QED) is 0.484. The second kappa shape index (κ2) is 11.2. The maximum Gasteiger partial charge on any atom is 0.276 e. The highest BCUT2D eigenvalue weighted by Crippen LogP contribution is 2.33. The molecule has 0 bridgehead atoms. The molecule has 2 fully saturated rings. The molecule has 1 amide bonds. The summed E-state index contributed by atoms with van der Waals surface area (Å²) in [6, 6.07) is 12.0. The molecule has 10 heteroatoms. The van der Waals surface area contributed by atoms with Crippen LogP contribution >= 0.6 is 0 Å². The summed E-state index contributed by atoms with van der Waals surface area (Å²) in [6.45, 7) is 5.03. The lowest BCUT2D eigenvalue weighted by atomic mass is 10.1. The van der Waals surface area contributed by atoms with Crippen LogP contribution in [-0.4, -0.2) is 54.6 Å². The summed E-state index contributed by atoms with van der Waals surface area (Å²) >= 11 is 0. The molecule has 9 nitrogen and oxygen atoms in total. The Labute approximate surface area is 223 Å². The number of hydrogen-bond donors (Lipinski definition) is 1. The summed E-state index contributed by atoms with van der Waals surface area (Å²) in [4.78, 5) is 29.0. The van der Waals surface area contributed by atoms with Crippen LogP contribution in [0, 0.1) is 0 Å². The van der Waals surface area contributed by atoms with E-state index in [0.29, 0.717) is 42.5 Å². The molecule has 3 aromatic rings. The van der Waals surface area contributed by atoms with E-state index in [1.54, 1.807) is 42.5 Å². The van der Waals surface area contributed by atoms with E-state index in [4.69, 9.17) is 0 Å². The molecule has 0 unspecified atom stereocenters. The first-order chi connectivity index (χ1) is 18.4. The maximum absolute atomic E-state index is 13.7. The van der Waals surface area contributed by atoms with E-state index >= 15 is 0 Å². The van der Waals surface area contributed by atoms with Crippen LogP contribution in [0.3, 0.4) is 0 Å². The third-order valence-corrected chi connectivity index (χ3v) is 9.28. The van der Waals surface area contributed by atoms with Crippen molar-refractivity contribution in [2.45, 2.75) is 63.3 Å². The molecule has 3 heterocycles. The normalized spacial score (nSPS) is 17.0. The average Bonchev–Trinajstić information content (AvgIpc) is 2.95. The third kappa shape index (κ3) is 5.19. The number of hydrogen-bond acceptors (Lipinski definition) is 6. The first-order valence-corrected chi connectivity index (χ1v) is 15.0. The number of aromatic nitrogens is 2. The van der Waals surface area contributed by atoms with Gasteiger partial charge in [0.25, 0.3) is 11.5 Å². The molecule has 2 aliphatic rings. The summed E-state index contributed by atoms with van der Waals surface area (Å²) < 4.78 is 29.8. The summed E-state index contributed by atoms with van der Waals surface area (Å²) in [5.41, 5.74) is 1.14. The number of fused-ring (bicyclic) bond motifs is 1. The molecular weight excluding hydrogens is 502 g/mol. The average molecular weight is 538 g/mol. The highest BCUT2D eigenvalue weighted by molar-refractivity contribution is 7.89. The molecule has 38 heavy (non-hydrogen) atoms. The Balaban J connectivity index is 1.57. The van der Waals surface area contributed by atoms with Gasteiger partial charge in [-0.25, -0.2) is 13.1 Å². The van der Waals surface area contributed by atoms with Crippen LogP contribution in [0.2, 0.25) is 0 Å². The minimum Gasteiger partial charge on any atom is -0.370 e. The van der Waals surface area contributed by atoms with E-state index in [2.05, 4.69) is 15.3 Å². The lowest BCUT2D eigenvalue weighted by molar-refractivity contribution is 0.102. The van der Waals surface area contributed by atoms with E-state index in [0.717, 1.165) is 57.3 Å². The summed E-state index contributed by atoms with van der Waals surface area (Å²) in [5.74, 6) is -0.475. The van der Waals surface area contributed by atoms with Crippen LogP contribution < -0.4 is 15.8 Å². The predicted molar refractivity (Wildman–Crippen MR) is 149 cm³/mol. The van der Waals surface area contributed by atoms with E-state index in [9.17, 15) is 18.0 Å². The van der Waals surface area contributed by atoms with Gasteiger partial charge in [-0.3, -0.25) is 9.59 Å². The van der Waals surface area contributed by atoms with E-state index < -0.39 is 15.9 Å². The summed E-state index contributed by atoms with van der Waals surface area (Å²) in [7, 11) is -3.68. The van der Waals surface area contributed by atoms with Crippen molar-refractivity contribution in [3.63, 3.8) is 0 Å². The van der Waals surface area contributed by atoms with Gasteiger partial charge in [0.1, 0.15) is 0 Å². The fourth-order valence-electron chi connectivity index (χ4n) is 5.39. The number of carbonyl (C=O) groups is 1. The molecule has 2 aliphatic heterocycles. The van der Waals surface area contributed by atoms with Gasteiger partial charge in [-0.1, -0.05) is 31.5 Å². The zero-order chi connectivity index (χ0) is 26.7. The van der Waals surface area contributed by atoms with Crippen molar-refractivity contribution in [2.24, 2.45) is 0 Å². The van der Waals surface area contributed by atoms with Crippen molar-refractivity contribution in [2.75, 3.05) is 36.4 Å². The lowest BCUT2D eigenvalue weighted by Crippen LogP contribution is -2.36. The van der Waals surface area contributed by atoms with Crippen LogP contribution in [-0.2, 0) is 16.6 Å². The van der Waals surface area contributed by atoms with Gasteiger partial charge in [-0.2, -0.15) is 9.40 Å². The first kappa shape index (κ1) is 26.4. The molecule has 1 N–H and O–H groups in total. The Bertz CT molecular complexity index is 1490. The molecule has 5 rings (SSSR count). The predicted octanol–water partition coefficient (Wildman–Crippen LogP) is 4.22. The lowest BCUT2D eigenvalue weighted by Gasteiger charge is -2.31. The molecule has 0 aliphatic carbocycles. The van der Waals surface area contributed by atoms with Crippen molar-refractivity contribution >= 4 is 38.1 Å². The van der Waals surface area contributed by atoms with Gasteiger partial charge >= 0.3 is 0 Å². The fourth-order valence-corrected chi connectivity index (χ4v) is 6.93. The number of piperidine rings is 2. The standard InChI is InChI=1S/C28H35N5O4S/c1-2-15-33-28(35)23-12-6-5-11-22(23)26(30-33)27(34)29-24-20-21(38(36,37)32-18-9-4-10-19-32)13-14-25(24)31-16-7-3-8-17-31/h5-6,11-14,20H,2-4,7-10,15-19H2,1H3,(H,29,34). The third-order valence-electron chi connectivity index (χ3n) is 7.38. The monoisotopic (exact) mass is 537 g/mol. The molecule has 0 radical (unpaired) electrons. The molecule has 0 atom stereocenters. The van der Waals surface area contributed by atoms with Crippen LogP contribution in [0.25, 0.3) is 10.8 Å². The zero-order valence-electron chi connectivity index (χ0n) is 21.9. The number of nitrogens with one attached hydrogen (secondary N) is 1. The van der Waals surface area contributed by atoms with E-state index in [1.165, 1.54) is 8.99 Å². The van der Waals surface area contributed by atoms with Gasteiger partial charge in [0.2, 0.25) is 10.0 Å². The van der Waals surface area contributed by atoms with Gasteiger partial charge in [-0.15, -0.1) is 0 Å². The Kier molecular flexibility index (Phi) is 7.80. The molecule has 1 aromatic heterocycles. The van der Waals surface area contributed by atoms with Gasteiger partial charge < -0.3 is 10.2 Å². The van der Waals surface area contributed by atoms with Gasteiger partial charge in [0.05, 0.1) is 21.7 Å². The van der Waals surface area contributed by atoms with E-state index in [-0.39, 0.29) is 16.1 Å². The number of anilines is 2.